The first kappa shape index (κ1) is 23.9. The molecular formula is C26H40N4O3. The van der Waals surface area contributed by atoms with Crippen LogP contribution in [0.2, 0.25) is 0 Å². The van der Waals surface area contributed by atoms with E-state index in [1.54, 1.807) is 0 Å². The summed E-state index contributed by atoms with van der Waals surface area (Å²) in [5, 5.41) is 3.34. The van der Waals surface area contributed by atoms with Crippen molar-refractivity contribution >= 4 is 22.9 Å². The number of hydrogen-bond acceptors (Lipinski definition) is 4. The average molecular weight is 457 g/mol. The van der Waals surface area contributed by atoms with Gasteiger partial charge in [-0.05, 0) is 52.7 Å². The van der Waals surface area contributed by atoms with Gasteiger partial charge >= 0.3 is 0 Å². The number of rotatable bonds is 8. The summed E-state index contributed by atoms with van der Waals surface area (Å²) in [5.41, 5.74) is 1.29. The van der Waals surface area contributed by atoms with Gasteiger partial charge < -0.3 is 24.1 Å². The molecule has 1 unspecified atom stereocenters. The number of aryl methyl sites for hydroxylation is 1. The van der Waals surface area contributed by atoms with Crippen molar-refractivity contribution in [1.29, 1.82) is 0 Å². The van der Waals surface area contributed by atoms with Crippen molar-refractivity contribution in [1.82, 2.24) is 19.7 Å². The van der Waals surface area contributed by atoms with Gasteiger partial charge in [-0.1, -0.05) is 39.5 Å². The third-order valence-electron chi connectivity index (χ3n) is 7.67. The van der Waals surface area contributed by atoms with Gasteiger partial charge in [0.15, 0.2) is 5.58 Å². The molecule has 2 amide bonds. The predicted octanol–water partition coefficient (Wildman–Crippen LogP) is 4.33. The summed E-state index contributed by atoms with van der Waals surface area (Å²) in [7, 11) is 0. The van der Waals surface area contributed by atoms with Crippen LogP contribution in [0.1, 0.15) is 82.0 Å². The lowest BCUT2D eigenvalue weighted by atomic mass is 9.93. The molecule has 2 aliphatic rings. The van der Waals surface area contributed by atoms with E-state index in [1.165, 1.54) is 12.8 Å². The van der Waals surface area contributed by atoms with Crippen LogP contribution in [0.3, 0.4) is 0 Å². The van der Waals surface area contributed by atoms with Crippen LogP contribution in [-0.2, 0) is 11.3 Å². The van der Waals surface area contributed by atoms with E-state index >= 15 is 0 Å². The molecule has 7 nitrogen and oxygen atoms in total. The van der Waals surface area contributed by atoms with Crippen molar-refractivity contribution in [2.45, 2.75) is 90.8 Å². The van der Waals surface area contributed by atoms with Gasteiger partial charge in [-0.3, -0.25) is 9.59 Å². The monoisotopic (exact) mass is 456 g/mol. The van der Waals surface area contributed by atoms with Gasteiger partial charge in [0.25, 0.3) is 5.91 Å². The summed E-state index contributed by atoms with van der Waals surface area (Å²) in [4.78, 5) is 31.7. The van der Waals surface area contributed by atoms with Gasteiger partial charge in [0.05, 0.1) is 12.1 Å². The summed E-state index contributed by atoms with van der Waals surface area (Å²) in [5.74, 6) is 0.704. The maximum absolute atomic E-state index is 13.8. The van der Waals surface area contributed by atoms with Crippen LogP contribution in [0.5, 0.6) is 0 Å². The molecule has 0 radical (unpaired) electrons. The van der Waals surface area contributed by atoms with Crippen LogP contribution in [-0.4, -0.2) is 63.9 Å². The molecule has 4 rings (SSSR count). The molecule has 0 saturated heterocycles. The molecule has 1 N–H and O–H groups in total. The van der Waals surface area contributed by atoms with Crippen LogP contribution >= 0.6 is 0 Å². The molecular weight excluding hydrogens is 416 g/mol. The Morgan fingerprint density at radius 3 is 2.55 bits per heavy atom. The number of nitrogens with one attached hydrogen (secondary N) is 1. The zero-order valence-corrected chi connectivity index (χ0v) is 20.8. The highest BCUT2D eigenvalue weighted by atomic mass is 16.3. The summed E-state index contributed by atoms with van der Waals surface area (Å²) < 4.78 is 7.80. The molecule has 1 aliphatic carbocycles. The molecule has 2 aromatic rings. The quantitative estimate of drug-likeness (QED) is 0.600. The largest absolute Gasteiger partial charge is 0.460 e. The van der Waals surface area contributed by atoms with Gasteiger partial charge in [0, 0.05) is 24.7 Å². The van der Waals surface area contributed by atoms with Crippen molar-refractivity contribution < 1.29 is 14.0 Å². The number of carbonyl (C=O) groups is 2. The van der Waals surface area contributed by atoms with Crippen molar-refractivity contribution in [3.8, 4) is 0 Å². The highest BCUT2D eigenvalue weighted by Crippen LogP contribution is 2.34. The Morgan fingerprint density at radius 1 is 1.18 bits per heavy atom. The Labute approximate surface area is 197 Å². The lowest BCUT2D eigenvalue weighted by Gasteiger charge is -2.44. The van der Waals surface area contributed by atoms with Crippen LogP contribution in [0.15, 0.2) is 16.5 Å². The molecule has 7 heteroatoms. The second kappa shape index (κ2) is 9.92. The molecule has 2 aromatic heterocycles. The number of aromatic nitrogens is 1. The van der Waals surface area contributed by atoms with Crippen LogP contribution in [0.25, 0.3) is 11.1 Å². The van der Waals surface area contributed by atoms with Crippen molar-refractivity contribution in [2.24, 2.45) is 0 Å². The van der Waals surface area contributed by atoms with Crippen molar-refractivity contribution in [3.63, 3.8) is 0 Å². The smallest absolute Gasteiger partial charge is 0.271 e. The number of carbonyl (C=O) groups excluding carboxylic acids is 2. The van der Waals surface area contributed by atoms with Gasteiger partial charge in [0.1, 0.15) is 17.0 Å². The van der Waals surface area contributed by atoms with Crippen molar-refractivity contribution in [2.75, 3.05) is 26.2 Å². The molecule has 1 saturated carbocycles. The van der Waals surface area contributed by atoms with Gasteiger partial charge in [-0.25, -0.2) is 0 Å². The topological polar surface area (TPSA) is 70.7 Å². The zero-order valence-electron chi connectivity index (χ0n) is 20.8. The fourth-order valence-electron chi connectivity index (χ4n) is 5.57. The van der Waals surface area contributed by atoms with E-state index in [4.69, 9.17) is 4.42 Å². The Morgan fingerprint density at radius 2 is 1.88 bits per heavy atom. The van der Waals surface area contributed by atoms with Crippen molar-refractivity contribution in [3.05, 3.63) is 23.6 Å². The third kappa shape index (κ3) is 4.70. The Balaban J connectivity index is 1.62. The van der Waals surface area contributed by atoms with E-state index in [2.05, 4.69) is 24.1 Å². The van der Waals surface area contributed by atoms with E-state index in [1.807, 2.05) is 35.4 Å². The lowest BCUT2D eigenvalue weighted by Crippen LogP contribution is -2.65. The summed E-state index contributed by atoms with van der Waals surface area (Å²) in [6.07, 6.45) is 7.69. The van der Waals surface area contributed by atoms with Crippen LogP contribution in [0, 0.1) is 6.92 Å². The maximum Gasteiger partial charge on any atom is 0.271 e. The number of amides is 2. The summed E-state index contributed by atoms with van der Waals surface area (Å²) in [6.45, 7) is 12.1. The first-order chi connectivity index (χ1) is 15.9. The highest BCUT2D eigenvalue weighted by Gasteiger charge is 2.48. The van der Waals surface area contributed by atoms with Gasteiger partial charge in [-0.15, -0.1) is 0 Å². The number of fused-ring (bicyclic) bond motifs is 3. The van der Waals surface area contributed by atoms with Crippen LogP contribution < -0.4 is 5.32 Å². The number of furan rings is 1. The average Bonchev–Trinajstić information content (AvgIpc) is 3.18. The lowest BCUT2D eigenvalue weighted by molar-refractivity contribution is -0.133. The van der Waals surface area contributed by atoms with Gasteiger partial charge in [-0.2, -0.15) is 0 Å². The molecule has 0 bridgehead atoms. The molecule has 3 heterocycles. The number of hydrogen-bond donors (Lipinski definition) is 1. The Kier molecular flexibility index (Phi) is 7.17. The standard InChI is InChI=1S/C26H40N4O3/c1-5-28(6-2)14-11-15-30-24(31)22-17-23-21(16-19(3)33-23)29(22)18-26(30,4)25(32)27-20-12-9-7-8-10-13-20/h16-17,20H,5-15,18H2,1-4H3,(H,27,32). The molecule has 182 valence electrons. The molecule has 0 aromatic carbocycles. The van der Waals surface area contributed by atoms with Crippen LogP contribution in [0.4, 0.5) is 0 Å². The fourth-order valence-corrected chi connectivity index (χ4v) is 5.57. The van der Waals surface area contributed by atoms with E-state index in [0.29, 0.717) is 24.4 Å². The summed E-state index contributed by atoms with van der Waals surface area (Å²) >= 11 is 0. The molecule has 1 aliphatic heterocycles. The van der Waals surface area contributed by atoms with E-state index < -0.39 is 5.54 Å². The number of nitrogens with zero attached hydrogens (tertiary/aromatic N) is 3. The normalized spacial score (nSPS) is 22.1. The minimum Gasteiger partial charge on any atom is -0.460 e. The Bertz CT molecular complexity index is 981. The SMILES string of the molecule is CCN(CC)CCCN1C(=O)c2cc3oc(C)cc3n2CC1(C)C(=O)NC1CCCCCC1. The minimum absolute atomic E-state index is 0.0293. The fraction of sp³-hybridized carbons (Fsp3) is 0.692. The second-order valence-electron chi connectivity index (χ2n) is 10.00. The third-order valence-corrected chi connectivity index (χ3v) is 7.67. The van der Waals surface area contributed by atoms with E-state index in [-0.39, 0.29) is 17.9 Å². The Hall–Kier alpha value is -2.28. The van der Waals surface area contributed by atoms with E-state index in [9.17, 15) is 9.59 Å². The molecule has 0 spiro atoms. The molecule has 1 atom stereocenters. The zero-order chi connectivity index (χ0) is 23.6. The van der Waals surface area contributed by atoms with E-state index in [0.717, 1.165) is 63.0 Å². The first-order valence-electron chi connectivity index (χ1n) is 12.8. The van der Waals surface area contributed by atoms with Gasteiger partial charge in [0.2, 0.25) is 5.91 Å². The molecule has 1 fully saturated rings. The second-order valence-corrected chi connectivity index (χ2v) is 10.00. The predicted molar refractivity (Wildman–Crippen MR) is 130 cm³/mol. The first-order valence-corrected chi connectivity index (χ1v) is 12.8. The maximum atomic E-state index is 13.8. The molecule has 33 heavy (non-hydrogen) atoms. The summed E-state index contributed by atoms with van der Waals surface area (Å²) in [6, 6.07) is 4.00. The minimum atomic E-state index is -0.934. The highest BCUT2D eigenvalue weighted by molar-refractivity contribution is 6.03.